The van der Waals surface area contributed by atoms with Crippen molar-refractivity contribution in [2.24, 2.45) is 0 Å². The van der Waals surface area contributed by atoms with Gasteiger partial charge in [0, 0.05) is 13.1 Å². The average molecular weight is 343 g/mol. The molecule has 2 aromatic carbocycles. The quantitative estimate of drug-likeness (QED) is 0.738. The summed E-state index contributed by atoms with van der Waals surface area (Å²) in [7, 11) is -3.70. The van der Waals surface area contributed by atoms with Gasteiger partial charge < -0.3 is 5.32 Å². The molecule has 1 amide bonds. The van der Waals surface area contributed by atoms with Crippen LogP contribution in [-0.4, -0.2) is 27.4 Å². The van der Waals surface area contributed by atoms with Gasteiger partial charge in [0.2, 0.25) is 15.9 Å². The third-order valence-electron chi connectivity index (χ3n) is 3.22. The largest absolute Gasteiger partial charge is 0.355 e. The van der Waals surface area contributed by atoms with Gasteiger partial charge in [0.25, 0.3) is 0 Å². The Hall–Kier alpha value is -2.69. The predicted molar refractivity (Wildman–Crippen MR) is 89.5 cm³/mol. The zero-order chi connectivity index (χ0) is 17.4. The van der Waals surface area contributed by atoms with Crippen LogP contribution in [0.5, 0.6) is 0 Å². The summed E-state index contributed by atoms with van der Waals surface area (Å²) < 4.78 is 26.6. The molecule has 2 rings (SSSR count). The molecule has 6 nitrogen and oxygen atoms in total. The molecule has 2 N–H and O–H groups in total. The maximum Gasteiger partial charge on any atom is 0.240 e. The number of benzene rings is 2. The van der Waals surface area contributed by atoms with E-state index in [4.69, 9.17) is 5.26 Å². The highest BCUT2D eigenvalue weighted by molar-refractivity contribution is 7.89. The highest BCUT2D eigenvalue weighted by Gasteiger charge is 2.13. The summed E-state index contributed by atoms with van der Waals surface area (Å²) in [5.74, 6) is -0.174. The van der Waals surface area contributed by atoms with Crippen LogP contribution in [0.4, 0.5) is 0 Å². The van der Waals surface area contributed by atoms with E-state index in [9.17, 15) is 13.2 Å². The van der Waals surface area contributed by atoms with Crippen molar-refractivity contribution < 1.29 is 13.2 Å². The van der Waals surface area contributed by atoms with Gasteiger partial charge in [0.05, 0.1) is 22.9 Å². The van der Waals surface area contributed by atoms with Crippen molar-refractivity contribution in [3.05, 3.63) is 65.7 Å². The second-order valence-corrected chi connectivity index (χ2v) is 6.82. The van der Waals surface area contributed by atoms with Crippen LogP contribution in [0, 0.1) is 11.3 Å². The Kier molecular flexibility index (Phi) is 6.07. The molecule has 24 heavy (non-hydrogen) atoms. The van der Waals surface area contributed by atoms with Crippen LogP contribution in [0.3, 0.4) is 0 Å². The lowest BCUT2D eigenvalue weighted by molar-refractivity contribution is -0.120. The second-order valence-electron chi connectivity index (χ2n) is 5.05. The maximum absolute atomic E-state index is 12.1. The van der Waals surface area contributed by atoms with Crippen LogP contribution in [-0.2, 0) is 21.2 Å². The fraction of sp³-hybridized carbons (Fsp3) is 0.176. The molecular weight excluding hydrogens is 326 g/mol. The Labute approximate surface area is 141 Å². The number of rotatable bonds is 7. The van der Waals surface area contributed by atoms with Crippen LogP contribution in [0.15, 0.2) is 59.5 Å². The third kappa shape index (κ3) is 5.19. The molecule has 0 bridgehead atoms. The number of amides is 1. The number of hydrogen-bond acceptors (Lipinski definition) is 4. The van der Waals surface area contributed by atoms with Gasteiger partial charge in [-0.05, 0) is 23.8 Å². The molecule has 0 aliphatic carbocycles. The van der Waals surface area contributed by atoms with Gasteiger partial charge in [-0.25, -0.2) is 13.1 Å². The Bertz CT molecular complexity index is 843. The molecule has 0 aromatic heterocycles. The normalized spacial score (nSPS) is 10.8. The summed E-state index contributed by atoms with van der Waals surface area (Å²) in [5.41, 5.74) is 1.16. The molecule has 2 aromatic rings. The Morgan fingerprint density at radius 2 is 1.79 bits per heavy atom. The average Bonchev–Trinajstić information content (AvgIpc) is 2.60. The zero-order valence-corrected chi connectivity index (χ0v) is 13.7. The Morgan fingerprint density at radius 3 is 2.50 bits per heavy atom. The summed E-state index contributed by atoms with van der Waals surface area (Å²) in [6.07, 6.45) is 0.248. The van der Waals surface area contributed by atoms with E-state index in [2.05, 4.69) is 10.0 Å². The van der Waals surface area contributed by atoms with E-state index in [-0.39, 0.29) is 35.9 Å². The van der Waals surface area contributed by atoms with Crippen molar-refractivity contribution in [3.8, 4) is 6.07 Å². The lowest BCUT2D eigenvalue weighted by atomic mass is 10.1. The third-order valence-corrected chi connectivity index (χ3v) is 4.68. The fourth-order valence-corrected chi connectivity index (χ4v) is 3.12. The van der Waals surface area contributed by atoms with E-state index in [1.54, 1.807) is 0 Å². The smallest absolute Gasteiger partial charge is 0.240 e. The van der Waals surface area contributed by atoms with Gasteiger partial charge in [0.1, 0.15) is 0 Å². The van der Waals surface area contributed by atoms with Crippen molar-refractivity contribution >= 4 is 15.9 Å². The van der Waals surface area contributed by atoms with Crippen molar-refractivity contribution in [1.29, 1.82) is 5.26 Å². The van der Waals surface area contributed by atoms with Gasteiger partial charge in [0.15, 0.2) is 0 Å². The van der Waals surface area contributed by atoms with E-state index in [0.717, 1.165) is 5.56 Å². The molecule has 0 unspecified atom stereocenters. The van der Waals surface area contributed by atoms with Crippen molar-refractivity contribution in [2.45, 2.75) is 11.3 Å². The molecular formula is C17H17N3O3S. The fourth-order valence-electron chi connectivity index (χ4n) is 2.05. The summed E-state index contributed by atoms with van der Waals surface area (Å²) in [5, 5.41) is 11.5. The van der Waals surface area contributed by atoms with Crippen LogP contribution in [0.2, 0.25) is 0 Å². The first-order valence-electron chi connectivity index (χ1n) is 7.32. The number of sulfonamides is 1. The van der Waals surface area contributed by atoms with Gasteiger partial charge in [-0.1, -0.05) is 36.4 Å². The van der Waals surface area contributed by atoms with E-state index in [0.29, 0.717) is 0 Å². The van der Waals surface area contributed by atoms with Crippen LogP contribution in [0.25, 0.3) is 0 Å². The second kappa shape index (κ2) is 8.24. The monoisotopic (exact) mass is 343 g/mol. The minimum atomic E-state index is -3.70. The van der Waals surface area contributed by atoms with Gasteiger partial charge in [-0.15, -0.1) is 0 Å². The lowest BCUT2D eigenvalue weighted by Gasteiger charge is -2.08. The van der Waals surface area contributed by atoms with E-state index in [1.165, 1.54) is 24.3 Å². The predicted octanol–water partition coefficient (Wildman–Crippen LogP) is 1.20. The SMILES string of the molecule is N#Cc1cccc(S(=O)(=O)NCCNC(=O)Cc2ccccc2)c1. The number of carbonyl (C=O) groups excluding carboxylic acids is 1. The molecule has 7 heteroatoms. The van der Waals surface area contributed by atoms with Crippen molar-refractivity contribution in [1.82, 2.24) is 10.0 Å². The highest BCUT2D eigenvalue weighted by atomic mass is 32.2. The van der Waals surface area contributed by atoms with Gasteiger partial charge in [-0.2, -0.15) is 5.26 Å². The molecule has 0 atom stereocenters. The topological polar surface area (TPSA) is 99.1 Å². The zero-order valence-electron chi connectivity index (χ0n) is 12.9. The molecule has 124 valence electrons. The van der Waals surface area contributed by atoms with Crippen molar-refractivity contribution in [2.75, 3.05) is 13.1 Å². The summed E-state index contributed by atoms with van der Waals surface area (Å²) in [6, 6.07) is 16.9. The van der Waals surface area contributed by atoms with Gasteiger partial charge >= 0.3 is 0 Å². The molecule has 0 fully saturated rings. The first-order valence-corrected chi connectivity index (χ1v) is 8.80. The summed E-state index contributed by atoms with van der Waals surface area (Å²) in [6.45, 7) is 0.252. The number of hydrogen-bond donors (Lipinski definition) is 2. The number of nitriles is 1. The van der Waals surface area contributed by atoms with Crippen LogP contribution >= 0.6 is 0 Å². The lowest BCUT2D eigenvalue weighted by Crippen LogP contribution is -2.35. The first kappa shape index (κ1) is 17.7. The minimum Gasteiger partial charge on any atom is -0.355 e. The van der Waals surface area contributed by atoms with Crippen LogP contribution in [0.1, 0.15) is 11.1 Å². The van der Waals surface area contributed by atoms with E-state index < -0.39 is 10.0 Å². The number of nitrogens with one attached hydrogen (secondary N) is 2. The molecule has 0 radical (unpaired) electrons. The molecule has 0 aliphatic heterocycles. The molecule has 0 heterocycles. The standard InChI is InChI=1S/C17H17N3O3S/c18-13-15-7-4-8-16(11-15)24(22,23)20-10-9-19-17(21)12-14-5-2-1-3-6-14/h1-8,11,20H,9-10,12H2,(H,19,21). The Balaban J connectivity index is 1.81. The maximum atomic E-state index is 12.1. The summed E-state index contributed by atoms with van der Waals surface area (Å²) >= 11 is 0. The van der Waals surface area contributed by atoms with Crippen molar-refractivity contribution in [3.63, 3.8) is 0 Å². The van der Waals surface area contributed by atoms with E-state index in [1.807, 2.05) is 36.4 Å². The Morgan fingerprint density at radius 1 is 1.04 bits per heavy atom. The number of nitrogens with zero attached hydrogens (tertiary/aromatic N) is 1. The molecule has 0 aliphatic rings. The van der Waals surface area contributed by atoms with Gasteiger partial charge in [-0.3, -0.25) is 4.79 Å². The molecule has 0 spiro atoms. The highest BCUT2D eigenvalue weighted by Crippen LogP contribution is 2.10. The van der Waals surface area contributed by atoms with Crippen LogP contribution < -0.4 is 10.0 Å². The number of carbonyl (C=O) groups is 1. The van der Waals surface area contributed by atoms with E-state index >= 15 is 0 Å². The first-order chi connectivity index (χ1) is 11.5. The summed E-state index contributed by atoms with van der Waals surface area (Å²) in [4.78, 5) is 11.8. The molecule has 0 saturated heterocycles. The molecule has 0 saturated carbocycles. The minimum absolute atomic E-state index is 0.0252.